The Hall–Kier alpha value is -2.91. The highest BCUT2D eigenvalue weighted by Gasteiger charge is 2.33. The number of nitrogens with zero attached hydrogens (tertiary/aromatic N) is 2. The van der Waals surface area contributed by atoms with E-state index in [9.17, 15) is 23.4 Å². The van der Waals surface area contributed by atoms with Crippen molar-refractivity contribution in [3.05, 3.63) is 77.6 Å². The zero-order valence-corrected chi connectivity index (χ0v) is 19.1. The summed E-state index contributed by atoms with van der Waals surface area (Å²) in [5.41, 5.74) is 2.26. The molecular weight excluding hydrogens is 448 g/mol. The molecule has 1 amide bonds. The van der Waals surface area contributed by atoms with Crippen molar-refractivity contribution < 1.29 is 23.4 Å². The molecule has 0 spiro atoms. The zero-order chi connectivity index (χ0) is 22.9. The lowest BCUT2D eigenvalue weighted by molar-refractivity contribution is -0.132. The maximum Gasteiger partial charge on any atom is 0.267 e. The standard InChI is InChI=1S/C23H24N2O5S2/c1-16-4-7-18(8-5-16)32(29,30)25-12-2-3-19(25)23-24(22(28)11-14-31-23)13-10-17-6-9-20(26)21(27)15-17/h2-9,12,15,23,26-27H,10-11,13-14H2,1H3. The number of carbonyl (C=O) groups excluding carboxylic acids is 1. The van der Waals surface area contributed by atoms with E-state index < -0.39 is 15.4 Å². The molecule has 2 N–H and O–H groups in total. The number of phenols is 2. The summed E-state index contributed by atoms with van der Waals surface area (Å²) in [5, 5.41) is 18.8. The van der Waals surface area contributed by atoms with Crippen molar-refractivity contribution in [2.24, 2.45) is 0 Å². The fraction of sp³-hybridized carbons (Fsp3) is 0.261. The van der Waals surface area contributed by atoms with Gasteiger partial charge in [-0.2, -0.15) is 0 Å². The number of aromatic hydroxyl groups is 2. The molecule has 0 bridgehead atoms. The summed E-state index contributed by atoms with van der Waals surface area (Å²) in [6, 6.07) is 14.7. The molecule has 168 valence electrons. The van der Waals surface area contributed by atoms with Crippen LogP contribution < -0.4 is 0 Å². The lowest BCUT2D eigenvalue weighted by Gasteiger charge is -2.35. The summed E-state index contributed by atoms with van der Waals surface area (Å²) < 4.78 is 27.9. The van der Waals surface area contributed by atoms with Crippen LogP contribution in [0.15, 0.2) is 65.7 Å². The highest BCUT2D eigenvalue weighted by Crippen LogP contribution is 2.39. The number of thioether (sulfide) groups is 1. The number of hydrogen-bond donors (Lipinski definition) is 2. The Balaban J connectivity index is 1.63. The lowest BCUT2D eigenvalue weighted by atomic mass is 10.1. The first-order valence-electron chi connectivity index (χ1n) is 10.2. The Labute approximate surface area is 191 Å². The molecule has 9 heteroatoms. The number of aryl methyl sites for hydroxylation is 1. The summed E-state index contributed by atoms with van der Waals surface area (Å²) in [4.78, 5) is 14.7. The van der Waals surface area contributed by atoms with E-state index in [1.54, 1.807) is 47.4 Å². The number of carbonyl (C=O) groups is 1. The molecule has 0 aliphatic carbocycles. The molecular formula is C23H24N2O5S2. The minimum absolute atomic E-state index is 0.0442. The van der Waals surface area contributed by atoms with Gasteiger partial charge in [0.25, 0.3) is 10.0 Å². The van der Waals surface area contributed by atoms with E-state index in [0.717, 1.165) is 11.1 Å². The summed E-state index contributed by atoms with van der Waals surface area (Å²) in [7, 11) is -3.81. The van der Waals surface area contributed by atoms with Crippen LogP contribution in [-0.4, -0.2) is 45.7 Å². The molecule has 1 aromatic heterocycles. The van der Waals surface area contributed by atoms with Gasteiger partial charge < -0.3 is 15.1 Å². The van der Waals surface area contributed by atoms with Gasteiger partial charge in [-0.1, -0.05) is 23.8 Å². The van der Waals surface area contributed by atoms with Crippen molar-refractivity contribution in [1.82, 2.24) is 8.87 Å². The summed E-state index contributed by atoms with van der Waals surface area (Å²) >= 11 is 1.53. The SMILES string of the molecule is Cc1ccc(S(=O)(=O)n2cccc2C2SCCC(=O)N2CCc2ccc(O)c(O)c2)cc1. The minimum atomic E-state index is -3.81. The van der Waals surface area contributed by atoms with Crippen molar-refractivity contribution >= 4 is 27.7 Å². The lowest BCUT2D eigenvalue weighted by Crippen LogP contribution is -2.39. The first-order valence-corrected chi connectivity index (χ1v) is 12.7. The van der Waals surface area contributed by atoms with Crippen LogP contribution >= 0.6 is 11.8 Å². The predicted molar refractivity (Wildman–Crippen MR) is 123 cm³/mol. The van der Waals surface area contributed by atoms with Gasteiger partial charge in [-0.25, -0.2) is 12.4 Å². The van der Waals surface area contributed by atoms with Crippen LogP contribution in [0.2, 0.25) is 0 Å². The third-order valence-electron chi connectivity index (χ3n) is 5.45. The average molecular weight is 473 g/mol. The number of rotatable bonds is 6. The second-order valence-corrected chi connectivity index (χ2v) is 10.7. The normalized spacial score (nSPS) is 17.0. The molecule has 32 heavy (non-hydrogen) atoms. The second-order valence-electron chi connectivity index (χ2n) is 7.68. The van der Waals surface area contributed by atoms with Crippen LogP contribution in [0.4, 0.5) is 0 Å². The molecule has 1 aliphatic rings. The van der Waals surface area contributed by atoms with E-state index in [0.29, 0.717) is 30.8 Å². The summed E-state index contributed by atoms with van der Waals surface area (Å²) in [6.45, 7) is 2.25. The third kappa shape index (κ3) is 4.35. The van der Waals surface area contributed by atoms with E-state index in [1.165, 1.54) is 34.1 Å². The van der Waals surface area contributed by atoms with Crippen molar-refractivity contribution in [2.75, 3.05) is 12.3 Å². The van der Waals surface area contributed by atoms with Crippen molar-refractivity contribution in [3.8, 4) is 11.5 Å². The molecule has 4 rings (SSSR count). The Morgan fingerprint density at radius 3 is 2.53 bits per heavy atom. The Bertz CT molecular complexity index is 1240. The molecule has 2 aromatic carbocycles. The van der Waals surface area contributed by atoms with Crippen LogP contribution in [0.3, 0.4) is 0 Å². The van der Waals surface area contributed by atoms with Gasteiger partial charge in [0.2, 0.25) is 5.91 Å². The number of benzene rings is 2. The maximum absolute atomic E-state index is 13.3. The smallest absolute Gasteiger partial charge is 0.267 e. The van der Waals surface area contributed by atoms with Crippen LogP contribution in [-0.2, 0) is 21.2 Å². The minimum Gasteiger partial charge on any atom is -0.504 e. The van der Waals surface area contributed by atoms with Crippen molar-refractivity contribution in [1.29, 1.82) is 0 Å². The second kappa shape index (κ2) is 8.91. The van der Waals surface area contributed by atoms with E-state index in [2.05, 4.69) is 0 Å². The van der Waals surface area contributed by atoms with Gasteiger partial charge in [-0.05, 0) is 55.3 Å². The van der Waals surface area contributed by atoms with Crippen LogP contribution in [0.5, 0.6) is 11.5 Å². The number of hydrogen-bond acceptors (Lipinski definition) is 6. The molecule has 1 atom stereocenters. The molecule has 7 nitrogen and oxygen atoms in total. The number of phenolic OH excluding ortho intramolecular Hbond substituents is 2. The zero-order valence-electron chi connectivity index (χ0n) is 17.5. The largest absolute Gasteiger partial charge is 0.504 e. The summed E-state index contributed by atoms with van der Waals surface area (Å²) in [5.74, 6) is 0.152. The van der Waals surface area contributed by atoms with Crippen LogP contribution in [0.25, 0.3) is 0 Å². The molecule has 1 aliphatic heterocycles. The van der Waals surface area contributed by atoms with Crippen molar-refractivity contribution in [2.45, 2.75) is 30.0 Å². The number of amides is 1. The quantitative estimate of drug-likeness (QED) is 0.531. The van der Waals surface area contributed by atoms with Gasteiger partial charge in [0, 0.05) is 24.9 Å². The predicted octanol–water partition coefficient (Wildman–Crippen LogP) is 3.65. The van der Waals surface area contributed by atoms with E-state index >= 15 is 0 Å². The van der Waals surface area contributed by atoms with Gasteiger partial charge in [0.15, 0.2) is 11.5 Å². The molecule has 0 radical (unpaired) electrons. The fourth-order valence-electron chi connectivity index (χ4n) is 3.70. The van der Waals surface area contributed by atoms with Gasteiger partial charge in [0.05, 0.1) is 10.6 Å². The highest BCUT2D eigenvalue weighted by atomic mass is 32.2. The van der Waals surface area contributed by atoms with Crippen LogP contribution in [0.1, 0.15) is 28.6 Å². The van der Waals surface area contributed by atoms with Gasteiger partial charge in [0.1, 0.15) is 5.37 Å². The Morgan fingerprint density at radius 1 is 1.06 bits per heavy atom. The topological polar surface area (TPSA) is 99.8 Å². The molecule has 2 heterocycles. The van der Waals surface area contributed by atoms with Gasteiger partial charge >= 0.3 is 0 Å². The molecule has 1 saturated heterocycles. The average Bonchev–Trinajstić information content (AvgIpc) is 3.26. The number of aromatic nitrogens is 1. The first-order chi connectivity index (χ1) is 15.3. The summed E-state index contributed by atoms with van der Waals surface area (Å²) in [6.07, 6.45) is 2.36. The molecule has 1 unspecified atom stereocenters. The maximum atomic E-state index is 13.3. The van der Waals surface area contributed by atoms with E-state index in [1.807, 2.05) is 6.92 Å². The molecule has 3 aromatic rings. The highest BCUT2D eigenvalue weighted by molar-refractivity contribution is 7.99. The van der Waals surface area contributed by atoms with Crippen LogP contribution in [0, 0.1) is 6.92 Å². The van der Waals surface area contributed by atoms with Crippen molar-refractivity contribution in [3.63, 3.8) is 0 Å². The molecule has 0 saturated carbocycles. The first kappa shape index (κ1) is 22.3. The van der Waals surface area contributed by atoms with E-state index in [-0.39, 0.29) is 22.3 Å². The Kier molecular flexibility index (Phi) is 6.21. The van der Waals surface area contributed by atoms with Gasteiger partial charge in [-0.15, -0.1) is 11.8 Å². The Morgan fingerprint density at radius 2 is 1.81 bits per heavy atom. The monoisotopic (exact) mass is 472 g/mol. The third-order valence-corrected chi connectivity index (χ3v) is 8.42. The van der Waals surface area contributed by atoms with E-state index in [4.69, 9.17) is 0 Å². The van der Waals surface area contributed by atoms with Gasteiger partial charge in [-0.3, -0.25) is 4.79 Å². The fourth-order valence-corrected chi connectivity index (χ4v) is 6.42. The molecule has 1 fully saturated rings.